The maximum atomic E-state index is 11.9. The molecule has 1 aromatic rings. The van der Waals surface area contributed by atoms with Crippen LogP contribution in [0.25, 0.3) is 0 Å². The Morgan fingerprint density at radius 2 is 1.95 bits per heavy atom. The Morgan fingerprint density at radius 1 is 1.26 bits per heavy atom. The van der Waals surface area contributed by atoms with Gasteiger partial charge in [0, 0.05) is 25.3 Å². The summed E-state index contributed by atoms with van der Waals surface area (Å²) in [5.41, 5.74) is 0.986. The Hall–Kier alpha value is -1.71. The molecule has 0 bridgehead atoms. The fourth-order valence-electron chi connectivity index (χ4n) is 2.55. The first-order valence-electron chi connectivity index (χ1n) is 6.79. The number of carbonyl (C=O) groups excluding carboxylic acids is 1. The topological polar surface area (TPSA) is 32.8 Å². The van der Waals surface area contributed by atoms with Gasteiger partial charge in [0.1, 0.15) is 0 Å². The molecule has 0 radical (unpaired) electrons. The quantitative estimate of drug-likeness (QED) is 0.821. The second kappa shape index (κ2) is 5.51. The zero-order valence-corrected chi connectivity index (χ0v) is 11.9. The van der Waals surface area contributed by atoms with Crippen molar-refractivity contribution in [2.45, 2.75) is 26.3 Å². The van der Waals surface area contributed by atoms with Crippen molar-refractivity contribution >= 4 is 11.8 Å². The van der Waals surface area contributed by atoms with Gasteiger partial charge >= 0.3 is 6.09 Å². The molecule has 4 heteroatoms. The number of amides is 1. The van der Waals surface area contributed by atoms with Gasteiger partial charge in [-0.2, -0.15) is 0 Å². The van der Waals surface area contributed by atoms with Crippen LogP contribution in [0, 0.1) is 0 Å². The molecule has 104 valence electrons. The van der Waals surface area contributed by atoms with Crippen molar-refractivity contribution in [3.63, 3.8) is 0 Å². The predicted octanol–water partition coefficient (Wildman–Crippen LogP) is 2.74. The average molecular weight is 262 g/mol. The van der Waals surface area contributed by atoms with Gasteiger partial charge in [0.15, 0.2) is 0 Å². The Balaban J connectivity index is 2.09. The number of carbonyl (C=O) groups is 1. The van der Waals surface area contributed by atoms with Gasteiger partial charge in [-0.3, -0.25) is 4.90 Å². The third kappa shape index (κ3) is 3.00. The summed E-state index contributed by atoms with van der Waals surface area (Å²) in [4.78, 5) is 16.1. The first kappa shape index (κ1) is 13.7. The number of piperazine rings is 1. The molecule has 1 saturated heterocycles. The second-order valence-electron chi connectivity index (χ2n) is 5.42. The molecule has 0 spiro atoms. The summed E-state index contributed by atoms with van der Waals surface area (Å²) in [7, 11) is 0. The van der Waals surface area contributed by atoms with Gasteiger partial charge in [-0.25, -0.2) is 4.79 Å². The van der Waals surface area contributed by atoms with E-state index in [0.717, 1.165) is 13.1 Å². The lowest BCUT2D eigenvalue weighted by Gasteiger charge is -2.47. The number of benzene rings is 1. The highest BCUT2D eigenvalue weighted by Crippen LogP contribution is 2.25. The van der Waals surface area contributed by atoms with Crippen LogP contribution in [-0.2, 0) is 4.74 Å². The lowest BCUT2D eigenvalue weighted by molar-refractivity contribution is 0.0591. The molecule has 0 aliphatic carbocycles. The molecule has 1 heterocycles. The molecule has 1 aliphatic rings. The third-order valence-electron chi connectivity index (χ3n) is 3.51. The van der Waals surface area contributed by atoms with Crippen molar-refractivity contribution < 1.29 is 9.53 Å². The van der Waals surface area contributed by atoms with Crippen molar-refractivity contribution in [3.8, 4) is 0 Å². The lowest BCUT2D eigenvalue weighted by atomic mass is 9.99. The van der Waals surface area contributed by atoms with Gasteiger partial charge in [-0.1, -0.05) is 18.2 Å². The van der Waals surface area contributed by atoms with Crippen LogP contribution in [0.15, 0.2) is 30.3 Å². The number of ether oxygens (including phenoxy) is 1. The first-order valence-corrected chi connectivity index (χ1v) is 6.79. The number of para-hydroxylation sites is 1. The standard InChI is InChI=1S/C15H22N2O2/c1-4-19-14(18)17-11-10-16(12-15(17,2)3)13-8-6-5-7-9-13/h5-9H,4,10-12H2,1-3H3. The van der Waals surface area contributed by atoms with E-state index in [4.69, 9.17) is 4.74 Å². The molecule has 0 N–H and O–H groups in total. The Morgan fingerprint density at radius 3 is 2.53 bits per heavy atom. The lowest BCUT2D eigenvalue weighted by Crippen LogP contribution is -2.61. The summed E-state index contributed by atoms with van der Waals surface area (Å²) in [6.45, 7) is 8.78. The summed E-state index contributed by atoms with van der Waals surface area (Å²) in [5.74, 6) is 0. The van der Waals surface area contributed by atoms with Gasteiger partial charge in [-0.15, -0.1) is 0 Å². The maximum absolute atomic E-state index is 11.9. The van der Waals surface area contributed by atoms with Crippen molar-refractivity contribution in [3.05, 3.63) is 30.3 Å². The first-order chi connectivity index (χ1) is 9.04. The van der Waals surface area contributed by atoms with Crippen molar-refractivity contribution in [1.82, 2.24) is 4.90 Å². The molecule has 4 nitrogen and oxygen atoms in total. The van der Waals surface area contributed by atoms with Gasteiger partial charge in [0.2, 0.25) is 0 Å². The van der Waals surface area contributed by atoms with Crippen LogP contribution in [-0.4, -0.2) is 42.8 Å². The number of anilines is 1. The number of hydrogen-bond donors (Lipinski definition) is 0. The van der Waals surface area contributed by atoms with Gasteiger partial charge in [-0.05, 0) is 32.9 Å². The smallest absolute Gasteiger partial charge is 0.410 e. The van der Waals surface area contributed by atoms with Gasteiger partial charge < -0.3 is 9.64 Å². The monoisotopic (exact) mass is 262 g/mol. The molecule has 1 aromatic carbocycles. The number of hydrogen-bond acceptors (Lipinski definition) is 3. The van der Waals surface area contributed by atoms with Crippen LogP contribution in [0.1, 0.15) is 20.8 Å². The van der Waals surface area contributed by atoms with E-state index in [1.807, 2.05) is 30.0 Å². The van der Waals surface area contributed by atoms with Crippen molar-refractivity contribution in [2.24, 2.45) is 0 Å². The molecular weight excluding hydrogens is 240 g/mol. The molecule has 0 unspecified atom stereocenters. The highest BCUT2D eigenvalue weighted by atomic mass is 16.6. The van der Waals surface area contributed by atoms with E-state index >= 15 is 0 Å². The molecule has 19 heavy (non-hydrogen) atoms. The van der Waals surface area contributed by atoms with E-state index in [0.29, 0.717) is 13.2 Å². The van der Waals surface area contributed by atoms with Crippen LogP contribution in [0.5, 0.6) is 0 Å². The largest absolute Gasteiger partial charge is 0.450 e. The normalized spacial score (nSPS) is 18.3. The SMILES string of the molecule is CCOC(=O)N1CCN(c2ccccc2)CC1(C)C. The summed E-state index contributed by atoms with van der Waals surface area (Å²) >= 11 is 0. The van der Waals surface area contributed by atoms with Crippen LogP contribution in [0.2, 0.25) is 0 Å². The molecule has 1 aliphatic heterocycles. The van der Waals surface area contributed by atoms with Crippen LogP contribution in [0.4, 0.5) is 10.5 Å². The summed E-state index contributed by atoms with van der Waals surface area (Å²) in [6, 6.07) is 10.3. The van der Waals surface area contributed by atoms with Crippen molar-refractivity contribution in [2.75, 3.05) is 31.1 Å². The summed E-state index contributed by atoms with van der Waals surface area (Å²) in [5, 5.41) is 0. The van der Waals surface area contributed by atoms with Gasteiger partial charge in [0.05, 0.1) is 12.1 Å². The second-order valence-corrected chi connectivity index (χ2v) is 5.42. The van der Waals surface area contributed by atoms with Gasteiger partial charge in [0.25, 0.3) is 0 Å². The minimum Gasteiger partial charge on any atom is -0.450 e. The molecule has 0 aromatic heterocycles. The van der Waals surface area contributed by atoms with E-state index in [1.165, 1.54) is 5.69 Å². The molecule has 0 saturated carbocycles. The minimum atomic E-state index is -0.222. The van der Waals surface area contributed by atoms with Crippen molar-refractivity contribution in [1.29, 1.82) is 0 Å². The minimum absolute atomic E-state index is 0.208. The zero-order valence-electron chi connectivity index (χ0n) is 11.9. The fraction of sp³-hybridized carbons (Fsp3) is 0.533. The molecule has 1 fully saturated rings. The van der Waals surface area contributed by atoms with E-state index in [9.17, 15) is 4.79 Å². The fourth-order valence-corrected chi connectivity index (χ4v) is 2.55. The Labute approximate surface area is 115 Å². The zero-order chi connectivity index (χ0) is 13.9. The highest BCUT2D eigenvalue weighted by Gasteiger charge is 2.37. The van der Waals surface area contributed by atoms with E-state index < -0.39 is 0 Å². The average Bonchev–Trinajstić information content (AvgIpc) is 2.38. The van der Waals surface area contributed by atoms with Crippen LogP contribution >= 0.6 is 0 Å². The maximum Gasteiger partial charge on any atom is 0.410 e. The molecule has 1 amide bonds. The van der Waals surface area contributed by atoms with E-state index in [1.54, 1.807) is 0 Å². The number of nitrogens with zero attached hydrogens (tertiary/aromatic N) is 2. The Bertz CT molecular complexity index is 431. The van der Waals surface area contributed by atoms with Crippen LogP contribution < -0.4 is 4.90 Å². The number of rotatable bonds is 2. The molecule has 0 atom stereocenters. The molecular formula is C15H22N2O2. The summed E-state index contributed by atoms with van der Waals surface area (Å²) in [6.07, 6.45) is -0.208. The summed E-state index contributed by atoms with van der Waals surface area (Å²) < 4.78 is 5.13. The van der Waals surface area contributed by atoms with E-state index in [-0.39, 0.29) is 11.6 Å². The highest BCUT2D eigenvalue weighted by molar-refractivity contribution is 5.69. The Kier molecular flexibility index (Phi) is 3.98. The third-order valence-corrected chi connectivity index (χ3v) is 3.51. The predicted molar refractivity (Wildman–Crippen MR) is 76.5 cm³/mol. The van der Waals surface area contributed by atoms with Crippen LogP contribution in [0.3, 0.4) is 0 Å². The van der Waals surface area contributed by atoms with E-state index in [2.05, 4.69) is 30.9 Å². The molecule has 2 rings (SSSR count).